The van der Waals surface area contributed by atoms with Crippen molar-refractivity contribution in [1.29, 1.82) is 0 Å². The SMILES string of the molecule is Cc1ccccc1OCC(O)CN(C)Cc1ccc(N2CCCCC2)cc1. The minimum atomic E-state index is -0.512. The molecule has 0 saturated carbocycles. The summed E-state index contributed by atoms with van der Waals surface area (Å²) in [6, 6.07) is 16.8. The number of ether oxygens (including phenoxy) is 1. The van der Waals surface area contributed by atoms with Gasteiger partial charge in [-0.2, -0.15) is 0 Å². The van der Waals surface area contributed by atoms with Gasteiger partial charge < -0.3 is 14.7 Å². The van der Waals surface area contributed by atoms with Crippen LogP contribution in [0.3, 0.4) is 0 Å². The average Bonchev–Trinajstić information content (AvgIpc) is 2.68. The van der Waals surface area contributed by atoms with Crippen LogP contribution in [-0.4, -0.2) is 49.4 Å². The number of nitrogens with zero attached hydrogens (tertiary/aromatic N) is 2. The van der Waals surface area contributed by atoms with Crippen LogP contribution in [0.25, 0.3) is 0 Å². The zero-order chi connectivity index (χ0) is 19.1. The molecule has 0 bridgehead atoms. The van der Waals surface area contributed by atoms with Crippen LogP contribution in [0, 0.1) is 6.92 Å². The summed E-state index contributed by atoms with van der Waals surface area (Å²) >= 11 is 0. The van der Waals surface area contributed by atoms with E-state index in [2.05, 4.69) is 34.1 Å². The third-order valence-corrected chi connectivity index (χ3v) is 5.16. The van der Waals surface area contributed by atoms with Crippen molar-refractivity contribution in [3.63, 3.8) is 0 Å². The molecular formula is C23H32N2O2. The monoisotopic (exact) mass is 368 g/mol. The highest BCUT2D eigenvalue weighted by Crippen LogP contribution is 2.21. The number of anilines is 1. The van der Waals surface area contributed by atoms with E-state index in [-0.39, 0.29) is 0 Å². The maximum atomic E-state index is 10.3. The van der Waals surface area contributed by atoms with Crippen molar-refractivity contribution in [3.8, 4) is 5.75 Å². The van der Waals surface area contributed by atoms with E-state index in [1.807, 2.05) is 38.2 Å². The predicted octanol–water partition coefficient (Wildman–Crippen LogP) is 3.86. The molecule has 1 heterocycles. The van der Waals surface area contributed by atoms with Gasteiger partial charge in [-0.05, 0) is 62.6 Å². The summed E-state index contributed by atoms with van der Waals surface area (Å²) in [5.74, 6) is 0.840. The minimum absolute atomic E-state index is 0.309. The van der Waals surface area contributed by atoms with Crippen molar-refractivity contribution in [2.45, 2.75) is 38.8 Å². The largest absolute Gasteiger partial charge is 0.491 e. The van der Waals surface area contributed by atoms with Crippen LogP contribution < -0.4 is 9.64 Å². The molecule has 2 aromatic rings. The molecule has 0 radical (unpaired) electrons. The summed E-state index contributed by atoms with van der Waals surface area (Å²) < 4.78 is 5.75. The number of aliphatic hydroxyl groups excluding tert-OH is 1. The first-order valence-electron chi connectivity index (χ1n) is 10.0. The summed E-state index contributed by atoms with van der Waals surface area (Å²) in [6.45, 7) is 6.07. The Morgan fingerprint density at radius 1 is 1.04 bits per heavy atom. The average molecular weight is 369 g/mol. The topological polar surface area (TPSA) is 35.9 Å². The van der Waals surface area contributed by atoms with Gasteiger partial charge in [0.25, 0.3) is 0 Å². The number of aliphatic hydroxyl groups is 1. The van der Waals surface area contributed by atoms with Gasteiger partial charge in [-0.3, -0.25) is 4.90 Å². The van der Waals surface area contributed by atoms with Gasteiger partial charge in [0.1, 0.15) is 18.5 Å². The van der Waals surface area contributed by atoms with E-state index in [0.717, 1.165) is 17.9 Å². The molecule has 0 aliphatic carbocycles. The molecule has 0 amide bonds. The lowest BCUT2D eigenvalue weighted by atomic mass is 10.1. The van der Waals surface area contributed by atoms with Gasteiger partial charge in [0.15, 0.2) is 0 Å². The fraction of sp³-hybridized carbons (Fsp3) is 0.478. The third-order valence-electron chi connectivity index (χ3n) is 5.16. The van der Waals surface area contributed by atoms with E-state index in [9.17, 15) is 5.11 Å². The molecule has 1 aliphatic heterocycles. The molecular weight excluding hydrogens is 336 g/mol. The van der Waals surface area contributed by atoms with E-state index in [1.54, 1.807) is 0 Å². The maximum absolute atomic E-state index is 10.3. The summed E-state index contributed by atoms with van der Waals surface area (Å²) in [7, 11) is 2.04. The summed E-state index contributed by atoms with van der Waals surface area (Å²) in [6.07, 6.45) is 3.44. The smallest absolute Gasteiger partial charge is 0.122 e. The van der Waals surface area contributed by atoms with E-state index >= 15 is 0 Å². The number of aryl methyl sites for hydroxylation is 1. The fourth-order valence-electron chi connectivity index (χ4n) is 3.66. The highest BCUT2D eigenvalue weighted by Gasteiger charge is 2.12. The highest BCUT2D eigenvalue weighted by atomic mass is 16.5. The Balaban J connectivity index is 1.44. The van der Waals surface area contributed by atoms with Crippen molar-refractivity contribution in [2.24, 2.45) is 0 Å². The standard InChI is InChI=1S/C23H32N2O2/c1-19-8-4-5-9-23(19)27-18-22(26)17-24(2)16-20-10-12-21(13-11-20)25-14-6-3-7-15-25/h4-5,8-13,22,26H,3,6-7,14-18H2,1-2H3. The molecule has 4 nitrogen and oxygen atoms in total. The molecule has 146 valence electrons. The molecule has 27 heavy (non-hydrogen) atoms. The number of rotatable bonds is 8. The first-order valence-corrected chi connectivity index (χ1v) is 10.0. The normalized spacial score (nSPS) is 15.8. The number of para-hydroxylation sites is 1. The van der Waals surface area contributed by atoms with Crippen molar-refractivity contribution in [3.05, 3.63) is 59.7 Å². The quantitative estimate of drug-likeness (QED) is 0.768. The Bertz CT molecular complexity index is 696. The fourth-order valence-corrected chi connectivity index (χ4v) is 3.66. The second-order valence-corrected chi connectivity index (χ2v) is 7.64. The maximum Gasteiger partial charge on any atom is 0.122 e. The summed E-state index contributed by atoms with van der Waals surface area (Å²) in [5.41, 5.74) is 3.69. The van der Waals surface area contributed by atoms with Crippen molar-refractivity contribution < 1.29 is 9.84 Å². The number of hydrogen-bond acceptors (Lipinski definition) is 4. The minimum Gasteiger partial charge on any atom is -0.491 e. The number of likely N-dealkylation sites (N-methyl/N-ethyl adjacent to an activating group) is 1. The van der Waals surface area contributed by atoms with Crippen LogP contribution in [0.5, 0.6) is 5.75 Å². The van der Waals surface area contributed by atoms with Crippen LogP contribution in [0.15, 0.2) is 48.5 Å². The molecule has 4 heteroatoms. The van der Waals surface area contributed by atoms with Gasteiger partial charge in [0.2, 0.25) is 0 Å². The molecule has 0 spiro atoms. The zero-order valence-electron chi connectivity index (χ0n) is 16.6. The predicted molar refractivity (Wildman–Crippen MR) is 112 cm³/mol. The molecule has 1 N–H and O–H groups in total. The van der Waals surface area contributed by atoms with E-state index in [1.165, 1.54) is 43.6 Å². The first-order chi connectivity index (χ1) is 13.1. The Hall–Kier alpha value is -2.04. The molecule has 2 aromatic carbocycles. The zero-order valence-corrected chi connectivity index (χ0v) is 16.6. The lowest BCUT2D eigenvalue weighted by Crippen LogP contribution is -2.33. The van der Waals surface area contributed by atoms with Gasteiger partial charge in [-0.25, -0.2) is 0 Å². The lowest BCUT2D eigenvalue weighted by Gasteiger charge is -2.29. The molecule has 1 unspecified atom stereocenters. The Kier molecular flexibility index (Phi) is 7.13. The number of piperidine rings is 1. The second kappa shape index (κ2) is 9.77. The van der Waals surface area contributed by atoms with Crippen LogP contribution in [0.4, 0.5) is 5.69 Å². The Morgan fingerprint density at radius 3 is 2.44 bits per heavy atom. The van der Waals surface area contributed by atoms with Crippen LogP contribution in [0.2, 0.25) is 0 Å². The van der Waals surface area contributed by atoms with Gasteiger partial charge >= 0.3 is 0 Å². The Morgan fingerprint density at radius 2 is 1.74 bits per heavy atom. The van der Waals surface area contributed by atoms with Gasteiger partial charge in [0, 0.05) is 31.9 Å². The van der Waals surface area contributed by atoms with Crippen molar-refractivity contribution in [1.82, 2.24) is 4.90 Å². The number of hydrogen-bond donors (Lipinski definition) is 1. The van der Waals surface area contributed by atoms with E-state index in [0.29, 0.717) is 13.2 Å². The summed E-state index contributed by atoms with van der Waals surface area (Å²) in [5, 5.41) is 10.3. The second-order valence-electron chi connectivity index (χ2n) is 7.64. The molecule has 1 saturated heterocycles. The van der Waals surface area contributed by atoms with E-state index in [4.69, 9.17) is 4.74 Å². The van der Waals surface area contributed by atoms with Gasteiger partial charge in [-0.15, -0.1) is 0 Å². The van der Waals surface area contributed by atoms with E-state index < -0.39 is 6.10 Å². The van der Waals surface area contributed by atoms with Crippen molar-refractivity contribution >= 4 is 5.69 Å². The molecule has 1 aliphatic rings. The van der Waals surface area contributed by atoms with Gasteiger partial charge in [0.05, 0.1) is 0 Å². The van der Waals surface area contributed by atoms with Crippen LogP contribution in [0.1, 0.15) is 30.4 Å². The number of benzene rings is 2. The molecule has 3 rings (SSSR count). The van der Waals surface area contributed by atoms with Gasteiger partial charge in [-0.1, -0.05) is 30.3 Å². The Labute approximate surface area is 163 Å². The highest BCUT2D eigenvalue weighted by molar-refractivity contribution is 5.47. The van der Waals surface area contributed by atoms with Crippen LogP contribution >= 0.6 is 0 Å². The van der Waals surface area contributed by atoms with Crippen molar-refractivity contribution in [2.75, 3.05) is 38.2 Å². The lowest BCUT2D eigenvalue weighted by molar-refractivity contribution is 0.0741. The summed E-state index contributed by atoms with van der Waals surface area (Å²) in [4.78, 5) is 4.62. The first kappa shape index (κ1) is 19.7. The molecule has 1 atom stereocenters. The third kappa shape index (κ3) is 5.98. The molecule has 0 aromatic heterocycles. The molecule has 1 fully saturated rings. The van der Waals surface area contributed by atoms with Crippen LogP contribution in [-0.2, 0) is 6.54 Å².